The van der Waals surface area contributed by atoms with Crippen LogP contribution in [0.15, 0.2) is 103 Å². The first-order valence-corrected chi connectivity index (χ1v) is 18.8. The summed E-state index contributed by atoms with van der Waals surface area (Å²) in [7, 11) is 2.15. The van der Waals surface area contributed by atoms with E-state index in [0.29, 0.717) is 11.1 Å². The lowest BCUT2D eigenvalue weighted by Crippen LogP contribution is -2.57. The first kappa shape index (κ1) is 31.3. The molecule has 9 aromatic rings. The van der Waals surface area contributed by atoms with Crippen LogP contribution in [-0.4, -0.2) is 0 Å². The molecule has 0 bridgehead atoms. The van der Waals surface area contributed by atoms with Gasteiger partial charge in [0.2, 0.25) is 11.2 Å². The van der Waals surface area contributed by atoms with Gasteiger partial charge in [-0.05, 0) is 96.9 Å². The maximum absolute atomic E-state index is 16.3. The number of hydrogen-bond donors (Lipinski definition) is 0. The predicted octanol–water partition coefficient (Wildman–Crippen LogP) is 12.0. The van der Waals surface area contributed by atoms with Gasteiger partial charge >= 0.3 is 0 Å². The molecule has 0 N–H and O–H groups in total. The van der Waals surface area contributed by atoms with Gasteiger partial charge in [0.05, 0.1) is 16.3 Å². The zero-order valence-corrected chi connectivity index (χ0v) is 30.1. The van der Waals surface area contributed by atoms with E-state index in [0.717, 1.165) is 55.0 Å². The fourth-order valence-electron chi connectivity index (χ4n) is 9.87. The van der Waals surface area contributed by atoms with Crippen molar-refractivity contribution in [3.63, 3.8) is 0 Å². The number of unbranched alkanes of at least 4 members (excludes halogenated alkanes) is 1. The van der Waals surface area contributed by atoms with E-state index in [2.05, 4.69) is 134 Å². The molecule has 0 fully saturated rings. The van der Waals surface area contributed by atoms with Gasteiger partial charge in [-0.15, -0.1) is 0 Å². The summed E-state index contributed by atoms with van der Waals surface area (Å²) in [5.74, 6) is -1.09. The molecule has 10 rings (SSSR count). The molecule has 0 spiro atoms. The summed E-state index contributed by atoms with van der Waals surface area (Å²) >= 11 is 0. The topological polar surface area (TPSA) is 7.76 Å². The number of allylic oxidation sites excluding steroid dienone is 1. The van der Waals surface area contributed by atoms with Gasteiger partial charge in [-0.2, -0.15) is 4.57 Å². The van der Waals surface area contributed by atoms with Crippen molar-refractivity contribution < 1.29 is 17.9 Å². The molecule has 7 aromatic carbocycles. The van der Waals surface area contributed by atoms with Crippen molar-refractivity contribution in [1.29, 1.82) is 0 Å². The molecule has 0 unspecified atom stereocenters. The molecule has 0 saturated carbocycles. The summed E-state index contributed by atoms with van der Waals surface area (Å²) in [6, 6.07) is 31.7. The quantitative estimate of drug-likeness (QED) is 0.0937. The lowest BCUT2D eigenvalue weighted by molar-refractivity contribution is -0.740. The maximum Gasteiger partial charge on any atom is 0.222 e. The number of fused-ring (bicyclic) bond motifs is 5. The summed E-state index contributed by atoms with van der Waals surface area (Å²) in [6.07, 6.45) is 11.0. The molecule has 1 aliphatic heterocycles. The molecular formula is C48H40F2N2+2. The van der Waals surface area contributed by atoms with Crippen molar-refractivity contribution in [3.8, 4) is 11.3 Å². The fraction of sp³-hybridized carbons (Fsp3) is 0.208. The van der Waals surface area contributed by atoms with Crippen LogP contribution in [-0.2, 0) is 19.0 Å². The van der Waals surface area contributed by atoms with Crippen LogP contribution in [0.2, 0.25) is 0 Å². The fourth-order valence-corrected chi connectivity index (χ4v) is 9.87. The highest BCUT2D eigenvalue weighted by Gasteiger charge is 2.47. The Balaban J connectivity index is 1.45. The van der Waals surface area contributed by atoms with Gasteiger partial charge in [0, 0.05) is 48.1 Å². The Morgan fingerprint density at radius 2 is 1.40 bits per heavy atom. The number of halogens is 2. The number of nitrogens with zero attached hydrogens (tertiary/aromatic N) is 2. The molecule has 2 aromatic heterocycles. The average molecular weight is 683 g/mol. The number of aryl methyl sites for hydroxylation is 2. The van der Waals surface area contributed by atoms with Gasteiger partial charge in [0.1, 0.15) is 18.7 Å². The minimum Gasteiger partial charge on any atom is -0.207 e. The summed E-state index contributed by atoms with van der Waals surface area (Å²) in [5, 5.41) is 13.5. The molecular weight excluding hydrogens is 643 g/mol. The highest BCUT2D eigenvalue weighted by Crippen LogP contribution is 2.51. The van der Waals surface area contributed by atoms with Crippen molar-refractivity contribution in [3.05, 3.63) is 132 Å². The van der Waals surface area contributed by atoms with Crippen LogP contribution in [0.4, 0.5) is 8.78 Å². The zero-order chi connectivity index (χ0) is 35.5. The van der Waals surface area contributed by atoms with Crippen molar-refractivity contribution >= 4 is 76.4 Å². The Morgan fingerprint density at radius 1 is 0.654 bits per heavy atom. The van der Waals surface area contributed by atoms with E-state index in [1.807, 2.05) is 0 Å². The van der Waals surface area contributed by atoms with Gasteiger partial charge < -0.3 is 0 Å². The lowest BCUT2D eigenvalue weighted by Gasteiger charge is -2.31. The van der Waals surface area contributed by atoms with E-state index < -0.39 is 17.2 Å². The standard InChI is InChI=1S/C48H40F2N2/c1-5-8-11-28-18-21-52-40(22-28)43-33(23-34(49)27-39(43)50)26-38(48(52,6-2)7-3)37-25-32-17-16-29-12-9-14-31-24-36-35-15-10-13-30-19-20-51(4)47(42(30)35)46(37)45(36)44(32)41(29)31/h9-10,12-27H,5-8,11H2,1-4H3/q+2. The van der Waals surface area contributed by atoms with Gasteiger partial charge in [-0.1, -0.05) is 75.7 Å². The molecule has 4 heteroatoms. The summed E-state index contributed by atoms with van der Waals surface area (Å²) < 4.78 is 36.3. The van der Waals surface area contributed by atoms with Gasteiger partial charge in [-0.3, -0.25) is 0 Å². The Bertz CT molecular complexity index is 2950. The molecule has 0 aliphatic carbocycles. The Hall–Kier alpha value is -5.48. The van der Waals surface area contributed by atoms with Gasteiger partial charge in [-0.25, -0.2) is 13.3 Å². The maximum atomic E-state index is 16.3. The minimum atomic E-state index is -0.565. The Morgan fingerprint density at radius 3 is 2.21 bits per heavy atom. The smallest absolute Gasteiger partial charge is 0.207 e. The van der Waals surface area contributed by atoms with Crippen molar-refractivity contribution in [1.82, 2.24) is 0 Å². The van der Waals surface area contributed by atoms with E-state index >= 15 is 8.78 Å². The van der Waals surface area contributed by atoms with Gasteiger partial charge in [0.25, 0.3) is 0 Å². The SMILES string of the molecule is CCCCc1cc[n+]2c(c1)-c1c(F)cc(F)cc1C=C(c1cc3ccc4cccc5cc6c7cccc8cc[n+](C)c(c1c6c3c45)c87)C2(CC)CC. The third-order valence-corrected chi connectivity index (χ3v) is 12.3. The highest BCUT2D eigenvalue weighted by molar-refractivity contribution is 6.40. The van der Waals surface area contributed by atoms with Crippen molar-refractivity contribution in [2.24, 2.45) is 7.05 Å². The monoisotopic (exact) mass is 682 g/mol. The molecule has 0 atom stereocenters. The van der Waals surface area contributed by atoms with E-state index in [4.69, 9.17) is 0 Å². The summed E-state index contributed by atoms with van der Waals surface area (Å²) in [4.78, 5) is 0. The summed E-state index contributed by atoms with van der Waals surface area (Å²) in [5.41, 5.74) is 5.83. The molecule has 2 nitrogen and oxygen atoms in total. The summed E-state index contributed by atoms with van der Waals surface area (Å²) in [6.45, 7) is 6.67. The first-order valence-electron chi connectivity index (χ1n) is 18.8. The normalized spacial score (nSPS) is 14.2. The number of benzene rings is 7. The van der Waals surface area contributed by atoms with Crippen LogP contribution in [0.5, 0.6) is 0 Å². The second kappa shape index (κ2) is 11.3. The number of hydrogen-bond acceptors (Lipinski definition) is 0. The predicted molar refractivity (Wildman–Crippen MR) is 212 cm³/mol. The van der Waals surface area contributed by atoms with Gasteiger partial charge in [0.15, 0.2) is 17.9 Å². The number of rotatable bonds is 6. The van der Waals surface area contributed by atoms with Crippen LogP contribution in [0.25, 0.3) is 87.7 Å². The van der Waals surface area contributed by atoms with E-state index in [9.17, 15) is 0 Å². The number of aromatic nitrogens is 2. The lowest BCUT2D eigenvalue weighted by atomic mass is 9.75. The third-order valence-electron chi connectivity index (χ3n) is 12.3. The zero-order valence-electron chi connectivity index (χ0n) is 30.1. The second-order valence-electron chi connectivity index (χ2n) is 14.9. The van der Waals surface area contributed by atoms with Crippen LogP contribution >= 0.6 is 0 Å². The Kier molecular flexibility index (Phi) is 6.77. The van der Waals surface area contributed by atoms with Crippen LogP contribution in [0, 0.1) is 11.6 Å². The molecule has 1 aliphatic rings. The first-order chi connectivity index (χ1) is 25.4. The molecule has 52 heavy (non-hydrogen) atoms. The second-order valence-corrected chi connectivity index (χ2v) is 14.9. The van der Waals surface area contributed by atoms with Crippen molar-refractivity contribution in [2.75, 3.05) is 0 Å². The third kappa shape index (κ3) is 4.09. The molecule has 3 heterocycles. The van der Waals surface area contributed by atoms with E-state index in [-0.39, 0.29) is 0 Å². The van der Waals surface area contributed by atoms with Crippen LogP contribution in [0.1, 0.15) is 63.1 Å². The average Bonchev–Trinajstić information content (AvgIpc) is 3.27. The van der Waals surface area contributed by atoms with Crippen LogP contribution < -0.4 is 9.13 Å². The highest BCUT2D eigenvalue weighted by atomic mass is 19.1. The minimum absolute atomic E-state index is 0.464. The molecule has 0 radical (unpaired) electrons. The molecule has 0 saturated heterocycles. The number of pyridine rings is 2. The Labute approximate surface area is 301 Å². The van der Waals surface area contributed by atoms with Crippen LogP contribution in [0.3, 0.4) is 0 Å². The molecule has 0 amide bonds. The van der Waals surface area contributed by atoms with Crippen molar-refractivity contribution in [2.45, 2.75) is 58.4 Å². The largest absolute Gasteiger partial charge is 0.222 e. The molecule has 254 valence electrons. The van der Waals surface area contributed by atoms with E-state index in [1.165, 1.54) is 76.4 Å². The van der Waals surface area contributed by atoms with E-state index in [1.54, 1.807) is 0 Å².